The van der Waals surface area contributed by atoms with Crippen molar-refractivity contribution in [3.05, 3.63) is 58.9 Å². The lowest BCUT2D eigenvalue weighted by Gasteiger charge is -2.32. The van der Waals surface area contributed by atoms with Gasteiger partial charge in [0.05, 0.1) is 17.1 Å². The Kier molecular flexibility index (Phi) is 8.32. The number of nitrogens with two attached hydrogens (primary N) is 1. The molecular weight excluding hydrogens is 416 g/mol. The van der Waals surface area contributed by atoms with E-state index in [-0.39, 0.29) is 5.92 Å². The average Bonchev–Trinajstić information content (AvgIpc) is 2.77. The van der Waals surface area contributed by atoms with Crippen molar-refractivity contribution in [1.82, 2.24) is 9.88 Å². The minimum absolute atomic E-state index is 0.0148. The van der Waals surface area contributed by atoms with E-state index in [2.05, 4.69) is 44.6 Å². The normalized spacial score (nSPS) is 17.2. The van der Waals surface area contributed by atoms with Crippen molar-refractivity contribution < 1.29 is 9.59 Å². The van der Waals surface area contributed by atoms with E-state index in [0.29, 0.717) is 23.5 Å². The van der Waals surface area contributed by atoms with E-state index in [1.807, 2.05) is 13.0 Å². The molecule has 1 atom stereocenters. The number of nitrogens with one attached hydrogen (secondary N) is 2. The molecule has 1 unspecified atom stereocenters. The van der Waals surface area contributed by atoms with Gasteiger partial charge in [0.15, 0.2) is 0 Å². The summed E-state index contributed by atoms with van der Waals surface area (Å²) >= 11 is 0. The molecule has 8 heteroatoms. The largest absolute Gasteiger partial charge is 0.387 e. The molecule has 0 saturated carbocycles. The van der Waals surface area contributed by atoms with Crippen LogP contribution in [0.2, 0.25) is 0 Å². The fraction of sp³-hybridized carbons (Fsp3) is 0.360. The Morgan fingerprint density at radius 2 is 2.15 bits per heavy atom. The maximum Gasteiger partial charge on any atom is 0.347 e. The smallest absolute Gasteiger partial charge is 0.347 e. The van der Waals surface area contributed by atoms with Gasteiger partial charge in [-0.3, -0.25) is 14.7 Å². The molecule has 1 aromatic carbocycles. The first-order chi connectivity index (χ1) is 15.9. The third-order valence-electron chi connectivity index (χ3n) is 5.63. The highest BCUT2D eigenvalue weighted by Gasteiger charge is 2.24. The van der Waals surface area contributed by atoms with E-state index in [1.165, 1.54) is 11.6 Å². The lowest BCUT2D eigenvalue weighted by molar-refractivity contribution is -0.104. The molecule has 2 aromatic rings. The standard InChI is InChI=1S/C25H32N6O2/c1-17-13-18(2)28-21(14-17)16-31-11-5-8-20(15-31)24(26)30-25(33)29-22-10-4-7-19(9-6-12-32)23(22)27-3/h4,6-7,9-10,12-14,20,27H,5,8,11,15-16H2,1-3H3,(H3,26,29,30,33)/b9-6-. The number of piperidine rings is 1. The number of aldehydes is 1. The van der Waals surface area contributed by atoms with E-state index >= 15 is 0 Å². The molecule has 33 heavy (non-hydrogen) atoms. The number of hydrogen-bond acceptors (Lipinski definition) is 5. The summed E-state index contributed by atoms with van der Waals surface area (Å²) in [5.74, 6) is 0.356. The van der Waals surface area contributed by atoms with Crippen LogP contribution >= 0.6 is 0 Å². The number of allylic oxidation sites excluding steroid dienone is 1. The molecule has 1 fully saturated rings. The molecular formula is C25H32N6O2. The summed E-state index contributed by atoms with van der Waals surface area (Å²) in [5, 5.41) is 5.85. The Balaban J connectivity index is 1.66. The first kappa shape index (κ1) is 24.1. The van der Waals surface area contributed by atoms with Gasteiger partial charge in [-0.25, -0.2) is 4.79 Å². The van der Waals surface area contributed by atoms with Crippen LogP contribution in [0.4, 0.5) is 16.2 Å². The summed E-state index contributed by atoms with van der Waals surface area (Å²) in [5.41, 5.74) is 11.6. The lowest BCUT2D eigenvalue weighted by atomic mass is 9.96. The number of likely N-dealkylation sites (tertiary alicyclic amines) is 1. The third kappa shape index (κ3) is 6.73. The monoisotopic (exact) mass is 448 g/mol. The van der Waals surface area contributed by atoms with Crippen molar-refractivity contribution in [3.8, 4) is 0 Å². The summed E-state index contributed by atoms with van der Waals surface area (Å²) in [6.07, 6.45) is 5.67. The van der Waals surface area contributed by atoms with Crippen LogP contribution in [0.15, 0.2) is 41.4 Å². The Hall–Kier alpha value is -3.52. The van der Waals surface area contributed by atoms with Gasteiger partial charge in [-0.05, 0) is 74.7 Å². The summed E-state index contributed by atoms with van der Waals surface area (Å²) < 4.78 is 0. The Labute approximate surface area is 195 Å². The Bertz CT molecular complexity index is 1040. The maximum absolute atomic E-state index is 12.6. The number of amides is 2. The van der Waals surface area contributed by atoms with Crippen LogP contribution < -0.4 is 16.4 Å². The van der Waals surface area contributed by atoms with Crippen molar-refractivity contribution in [3.63, 3.8) is 0 Å². The fourth-order valence-corrected chi connectivity index (χ4v) is 4.26. The number of carbonyl (C=O) groups is 2. The number of amidine groups is 1. The quantitative estimate of drug-likeness (QED) is 0.257. The second-order valence-corrected chi connectivity index (χ2v) is 8.33. The van der Waals surface area contributed by atoms with Crippen LogP contribution in [-0.4, -0.2) is 48.2 Å². The van der Waals surface area contributed by atoms with Gasteiger partial charge >= 0.3 is 6.03 Å². The van der Waals surface area contributed by atoms with Gasteiger partial charge in [-0.1, -0.05) is 12.1 Å². The highest BCUT2D eigenvalue weighted by Crippen LogP contribution is 2.27. The predicted octanol–water partition coefficient (Wildman–Crippen LogP) is 3.75. The molecule has 0 bridgehead atoms. The molecule has 2 heterocycles. The second kappa shape index (κ2) is 11.4. The summed E-state index contributed by atoms with van der Waals surface area (Å²) in [4.78, 5) is 34.3. The zero-order chi connectivity index (χ0) is 23.8. The third-order valence-corrected chi connectivity index (χ3v) is 5.63. The summed E-state index contributed by atoms with van der Waals surface area (Å²) in [7, 11) is 1.75. The number of carbonyl (C=O) groups excluding carboxylic acids is 2. The first-order valence-corrected chi connectivity index (χ1v) is 11.1. The van der Waals surface area contributed by atoms with Gasteiger partial charge < -0.3 is 16.4 Å². The molecule has 0 spiro atoms. The molecule has 1 aromatic heterocycles. The highest BCUT2D eigenvalue weighted by molar-refractivity contribution is 6.02. The molecule has 1 aliphatic heterocycles. The van der Waals surface area contributed by atoms with Crippen molar-refractivity contribution >= 4 is 35.6 Å². The van der Waals surface area contributed by atoms with Crippen molar-refractivity contribution in [2.45, 2.75) is 33.2 Å². The zero-order valence-corrected chi connectivity index (χ0v) is 19.5. The van der Waals surface area contributed by atoms with Gasteiger partial charge in [0.2, 0.25) is 0 Å². The molecule has 0 radical (unpaired) electrons. The first-order valence-electron chi connectivity index (χ1n) is 11.1. The van der Waals surface area contributed by atoms with E-state index in [4.69, 9.17) is 5.73 Å². The number of rotatable bonds is 7. The number of aryl methyl sites for hydroxylation is 2. The molecule has 1 aliphatic rings. The van der Waals surface area contributed by atoms with Crippen molar-refractivity contribution in [2.75, 3.05) is 30.8 Å². The number of aliphatic imine (C=N–C) groups is 1. The molecule has 174 valence electrons. The number of benzene rings is 1. The van der Waals surface area contributed by atoms with Gasteiger partial charge in [-0.2, -0.15) is 4.99 Å². The summed E-state index contributed by atoms with van der Waals surface area (Å²) in [6.45, 7) is 6.55. The number of para-hydroxylation sites is 1. The molecule has 8 nitrogen and oxygen atoms in total. The topological polar surface area (TPSA) is 113 Å². The van der Waals surface area contributed by atoms with E-state index in [9.17, 15) is 9.59 Å². The number of hydrogen-bond donors (Lipinski definition) is 3. The highest BCUT2D eigenvalue weighted by atomic mass is 16.2. The number of urea groups is 1. The minimum Gasteiger partial charge on any atom is -0.387 e. The van der Waals surface area contributed by atoms with Gasteiger partial charge in [0, 0.05) is 31.7 Å². The van der Waals surface area contributed by atoms with Crippen LogP contribution in [0.25, 0.3) is 6.08 Å². The maximum atomic E-state index is 12.6. The fourth-order valence-electron chi connectivity index (χ4n) is 4.26. The summed E-state index contributed by atoms with van der Waals surface area (Å²) in [6, 6.07) is 9.08. The minimum atomic E-state index is -0.520. The molecule has 4 N–H and O–H groups in total. The van der Waals surface area contributed by atoms with E-state index in [0.717, 1.165) is 49.4 Å². The SMILES string of the molecule is CNc1c(/C=C\C=O)cccc1NC(=O)/N=C(\N)C1CCCN(Cc2cc(C)cc(C)n2)C1. The van der Waals surface area contributed by atoms with Gasteiger partial charge in [-0.15, -0.1) is 0 Å². The zero-order valence-electron chi connectivity index (χ0n) is 19.5. The lowest BCUT2D eigenvalue weighted by Crippen LogP contribution is -2.41. The molecule has 0 aliphatic carbocycles. The number of aromatic nitrogens is 1. The number of pyridine rings is 1. The Morgan fingerprint density at radius 3 is 2.88 bits per heavy atom. The second-order valence-electron chi connectivity index (χ2n) is 8.33. The van der Waals surface area contributed by atoms with Crippen molar-refractivity contribution in [1.29, 1.82) is 0 Å². The Morgan fingerprint density at radius 1 is 1.33 bits per heavy atom. The van der Waals surface area contributed by atoms with E-state index < -0.39 is 6.03 Å². The predicted molar refractivity (Wildman–Crippen MR) is 133 cm³/mol. The number of anilines is 2. The number of nitrogens with zero attached hydrogens (tertiary/aromatic N) is 3. The molecule has 2 amide bonds. The van der Waals surface area contributed by atoms with Crippen LogP contribution in [0.3, 0.4) is 0 Å². The van der Waals surface area contributed by atoms with Crippen LogP contribution in [0.1, 0.15) is 35.4 Å². The van der Waals surface area contributed by atoms with Crippen molar-refractivity contribution in [2.24, 2.45) is 16.6 Å². The van der Waals surface area contributed by atoms with Crippen LogP contribution in [-0.2, 0) is 11.3 Å². The van der Waals surface area contributed by atoms with Crippen LogP contribution in [0, 0.1) is 19.8 Å². The van der Waals surface area contributed by atoms with E-state index in [1.54, 1.807) is 25.3 Å². The average molecular weight is 449 g/mol. The van der Waals surface area contributed by atoms with Gasteiger partial charge in [0.25, 0.3) is 0 Å². The van der Waals surface area contributed by atoms with Crippen LogP contribution in [0.5, 0.6) is 0 Å². The molecule has 1 saturated heterocycles. The van der Waals surface area contributed by atoms with Gasteiger partial charge in [0.1, 0.15) is 12.1 Å². The molecule has 3 rings (SSSR count).